The van der Waals surface area contributed by atoms with Crippen LogP contribution in [0.15, 0.2) is 46.0 Å². The molecule has 3 fully saturated rings. The Kier molecular flexibility index (Phi) is 18.6. The van der Waals surface area contributed by atoms with E-state index in [2.05, 4.69) is 56.5 Å². The maximum absolute atomic E-state index is 13.7. The molecule has 0 bridgehead atoms. The van der Waals surface area contributed by atoms with Gasteiger partial charge in [0.05, 0.1) is 5.92 Å². The molecule has 1 aromatic rings. The van der Waals surface area contributed by atoms with E-state index in [1.807, 2.05) is 27.7 Å². The molecular weight excluding hydrogens is 631 g/mol. The van der Waals surface area contributed by atoms with Crippen LogP contribution in [0.5, 0.6) is 0 Å². The highest BCUT2D eigenvalue weighted by Gasteiger charge is 2.40. The predicted molar refractivity (Wildman–Crippen MR) is 195 cm³/mol. The number of alkyl halides is 3. The average Bonchev–Trinajstić information content (AvgIpc) is 3.54. The van der Waals surface area contributed by atoms with Crippen LogP contribution in [0, 0.1) is 17.8 Å². The van der Waals surface area contributed by atoms with Gasteiger partial charge in [-0.3, -0.25) is 14.6 Å². The smallest absolute Gasteiger partial charge is 0.366 e. The monoisotopic (exact) mass is 691 g/mol. The van der Waals surface area contributed by atoms with Crippen LogP contribution in [0.2, 0.25) is 0 Å². The van der Waals surface area contributed by atoms with Gasteiger partial charge in [0, 0.05) is 29.5 Å². The number of carbonyl (C=O) groups excluding carboxylic acids is 2. The van der Waals surface area contributed by atoms with Crippen LogP contribution >= 0.6 is 0 Å². The van der Waals surface area contributed by atoms with Crippen molar-refractivity contribution in [1.29, 1.82) is 0 Å². The number of carbonyl (C=O) groups is 2. The number of aliphatic imine (C=N–C) groups is 2. The predicted octanol–water partition coefficient (Wildman–Crippen LogP) is 6.78. The zero-order valence-electron chi connectivity index (χ0n) is 30.5. The molecule has 2 atom stereocenters. The van der Waals surface area contributed by atoms with Crippen LogP contribution in [-0.2, 0) is 4.79 Å². The lowest BCUT2D eigenvalue weighted by Crippen LogP contribution is -2.47. The van der Waals surface area contributed by atoms with Crippen molar-refractivity contribution in [3.63, 3.8) is 0 Å². The number of rotatable bonds is 11. The highest BCUT2D eigenvalue weighted by atomic mass is 19.4. The third-order valence-electron chi connectivity index (χ3n) is 9.30. The SMILES string of the molecule is C=N/C=C(\C(=N/CNc1ccc(C=O)cc1)NC1CCCC1C(=O)NC(C)C)C(F)(F)F.CC.CN1CCC(CC2CCN(C)CC2)CC1. The number of piperidine rings is 2. The molecule has 0 radical (unpaired) electrons. The fraction of sp³-hybridized carbons (Fsp3) is 0.676. The Morgan fingerprint density at radius 2 is 1.51 bits per heavy atom. The lowest BCUT2D eigenvalue weighted by Gasteiger charge is -2.34. The van der Waals surface area contributed by atoms with Gasteiger partial charge in [-0.25, -0.2) is 4.99 Å². The maximum Gasteiger partial charge on any atom is 0.421 e. The van der Waals surface area contributed by atoms with Crippen molar-refractivity contribution in [3.05, 3.63) is 41.6 Å². The average molecular weight is 692 g/mol. The largest absolute Gasteiger partial charge is 0.421 e. The molecule has 2 saturated heterocycles. The molecule has 4 rings (SSSR count). The molecule has 3 aliphatic rings. The summed E-state index contributed by atoms with van der Waals surface area (Å²) in [7, 11) is 4.51. The van der Waals surface area contributed by atoms with Crippen molar-refractivity contribution in [2.24, 2.45) is 27.7 Å². The van der Waals surface area contributed by atoms with E-state index < -0.39 is 29.5 Å². The quantitative estimate of drug-likeness (QED) is 0.134. The molecule has 1 saturated carbocycles. The lowest BCUT2D eigenvalue weighted by molar-refractivity contribution is -0.125. The van der Waals surface area contributed by atoms with Gasteiger partial charge in [-0.05, 0) is 142 Å². The number of nitrogens with one attached hydrogen (secondary N) is 3. The standard InChI is InChI=1S/C22H28F3N5O2.C13H26N2.C2H6/c1-14(2)29-21(32)17-5-4-6-19(17)30-20(18(11-26-3)22(23,24)25)28-13-27-16-9-7-15(12-31)8-10-16;1-14-7-3-12(4-8-14)11-13-5-9-15(2)10-6-13;1-2/h7-12,14,17,19,27H,3-6,13H2,1-2H3,(H,28,30)(H,29,32);12-13H,3-11H2,1-2H3;1-2H3/b18-11+;;. The van der Waals surface area contributed by atoms with Gasteiger partial charge < -0.3 is 25.8 Å². The molecule has 1 amide bonds. The first-order valence-electron chi connectivity index (χ1n) is 17.9. The van der Waals surface area contributed by atoms with Crippen molar-refractivity contribution in [2.45, 2.75) is 97.3 Å². The Bertz CT molecular complexity index is 1170. The Labute approximate surface area is 292 Å². The Balaban J connectivity index is 0.000000406. The molecule has 9 nitrogen and oxygen atoms in total. The summed E-state index contributed by atoms with van der Waals surface area (Å²) >= 11 is 0. The molecule has 276 valence electrons. The topological polar surface area (TPSA) is 101 Å². The maximum atomic E-state index is 13.7. The molecule has 1 aromatic carbocycles. The van der Waals surface area contributed by atoms with Crippen molar-refractivity contribution in [3.8, 4) is 0 Å². The minimum absolute atomic E-state index is 0.0673. The first kappa shape index (κ1) is 41.9. The number of hydrogen-bond acceptors (Lipinski definition) is 7. The van der Waals surface area contributed by atoms with E-state index in [1.165, 1.54) is 58.3 Å². The van der Waals surface area contributed by atoms with Gasteiger partial charge in [0.2, 0.25) is 5.91 Å². The molecule has 49 heavy (non-hydrogen) atoms. The van der Waals surface area contributed by atoms with E-state index in [1.54, 1.807) is 24.3 Å². The molecule has 0 spiro atoms. The minimum atomic E-state index is -4.72. The summed E-state index contributed by atoms with van der Waals surface area (Å²) in [5.74, 6) is 1.01. The van der Waals surface area contributed by atoms with Gasteiger partial charge >= 0.3 is 6.18 Å². The second-order valence-corrected chi connectivity index (χ2v) is 13.5. The summed E-state index contributed by atoms with van der Waals surface area (Å²) in [5.41, 5.74) is 0.00126. The third kappa shape index (κ3) is 15.0. The van der Waals surface area contributed by atoms with Crippen LogP contribution in [0.3, 0.4) is 0 Å². The van der Waals surface area contributed by atoms with Crippen LogP contribution in [0.25, 0.3) is 0 Å². The van der Waals surface area contributed by atoms with Gasteiger partial charge in [0.1, 0.15) is 24.4 Å². The van der Waals surface area contributed by atoms with Crippen LogP contribution in [-0.4, -0.2) is 99.7 Å². The number of amidine groups is 1. The number of likely N-dealkylation sites (tertiary alicyclic amines) is 2. The number of anilines is 1. The molecule has 2 unspecified atom stereocenters. The summed E-state index contributed by atoms with van der Waals surface area (Å²) in [4.78, 5) is 35.6. The number of nitrogens with zero attached hydrogens (tertiary/aromatic N) is 4. The normalized spacial score (nSPS) is 21.6. The van der Waals surface area contributed by atoms with Crippen molar-refractivity contribution in [1.82, 2.24) is 20.4 Å². The molecule has 3 N–H and O–H groups in total. The number of aldehydes is 1. The van der Waals surface area contributed by atoms with Gasteiger partial charge in [-0.15, -0.1) is 0 Å². The molecule has 2 aliphatic heterocycles. The Hall–Kier alpha value is -3.25. The van der Waals surface area contributed by atoms with Gasteiger partial charge in [-0.2, -0.15) is 13.2 Å². The van der Waals surface area contributed by atoms with Crippen molar-refractivity contribution < 1.29 is 22.8 Å². The van der Waals surface area contributed by atoms with E-state index in [9.17, 15) is 22.8 Å². The lowest BCUT2D eigenvalue weighted by atomic mass is 9.83. The summed E-state index contributed by atoms with van der Waals surface area (Å²) in [6, 6.07) is 5.86. The van der Waals surface area contributed by atoms with Crippen LogP contribution < -0.4 is 16.0 Å². The summed E-state index contributed by atoms with van der Waals surface area (Å²) in [5, 5.41) is 8.56. The third-order valence-corrected chi connectivity index (χ3v) is 9.30. The fourth-order valence-corrected chi connectivity index (χ4v) is 6.54. The zero-order chi connectivity index (χ0) is 36.4. The number of hydrogen-bond donors (Lipinski definition) is 3. The van der Waals surface area contributed by atoms with Crippen molar-refractivity contribution in [2.75, 3.05) is 52.3 Å². The second-order valence-electron chi connectivity index (χ2n) is 13.5. The summed E-state index contributed by atoms with van der Waals surface area (Å²) in [6.07, 6.45) is 5.74. The zero-order valence-corrected chi connectivity index (χ0v) is 30.5. The highest BCUT2D eigenvalue weighted by molar-refractivity contribution is 6.00. The van der Waals surface area contributed by atoms with E-state index in [0.717, 1.165) is 11.8 Å². The first-order valence-corrected chi connectivity index (χ1v) is 17.9. The second kappa shape index (κ2) is 21.8. The summed E-state index contributed by atoms with van der Waals surface area (Å²) < 4.78 is 41.0. The van der Waals surface area contributed by atoms with Gasteiger partial charge in [-0.1, -0.05) is 20.3 Å². The van der Waals surface area contributed by atoms with Crippen molar-refractivity contribution >= 4 is 30.4 Å². The van der Waals surface area contributed by atoms with Crippen LogP contribution in [0.1, 0.15) is 89.4 Å². The van der Waals surface area contributed by atoms with Gasteiger partial charge in [0.25, 0.3) is 0 Å². The number of amides is 1. The molecular formula is C37H60F3N7O2. The molecule has 1 aliphatic carbocycles. The molecule has 0 aromatic heterocycles. The minimum Gasteiger partial charge on any atom is -0.366 e. The Morgan fingerprint density at radius 1 is 0.959 bits per heavy atom. The molecule has 12 heteroatoms. The first-order chi connectivity index (χ1) is 23.4. The van der Waals surface area contributed by atoms with Crippen LogP contribution in [0.4, 0.5) is 18.9 Å². The number of halogens is 3. The summed E-state index contributed by atoms with van der Waals surface area (Å²) in [6.45, 7) is 15.9. The fourth-order valence-electron chi connectivity index (χ4n) is 6.54. The van der Waals surface area contributed by atoms with E-state index >= 15 is 0 Å². The number of benzene rings is 1. The van der Waals surface area contributed by atoms with Gasteiger partial charge in [0.15, 0.2) is 0 Å². The van der Waals surface area contributed by atoms with E-state index in [4.69, 9.17) is 0 Å². The Morgan fingerprint density at radius 3 is 1.98 bits per heavy atom. The van der Waals surface area contributed by atoms with E-state index in [0.29, 0.717) is 43.0 Å². The molecule has 2 heterocycles. The van der Waals surface area contributed by atoms with E-state index in [-0.39, 0.29) is 18.6 Å². The highest BCUT2D eigenvalue weighted by Crippen LogP contribution is 2.31.